The lowest BCUT2D eigenvalue weighted by atomic mass is 9.98. The van der Waals surface area contributed by atoms with E-state index in [1.807, 2.05) is 24.3 Å². The monoisotopic (exact) mass is 242 g/mol. The summed E-state index contributed by atoms with van der Waals surface area (Å²) >= 11 is 0. The molecule has 1 aromatic carbocycles. The first-order valence-corrected chi connectivity index (χ1v) is 6.44. The maximum absolute atomic E-state index is 11.9. The van der Waals surface area contributed by atoms with Crippen LogP contribution in [0.3, 0.4) is 0 Å². The summed E-state index contributed by atoms with van der Waals surface area (Å²) in [5.41, 5.74) is 1.29. The Kier molecular flexibility index (Phi) is 3.38. The van der Waals surface area contributed by atoms with E-state index in [1.165, 1.54) is 5.56 Å². The van der Waals surface area contributed by atoms with Crippen molar-refractivity contribution in [2.75, 3.05) is 5.32 Å². The lowest BCUT2D eigenvalue weighted by Gasteiger charge is -2.11. The molecule has 1 fully saturated rings. The number of anilines is 1. The Hall–Kier alpha value is -1.82. The topological polar surface area (TPSA) is 52.9 Å². The minimum Gasteiger partial charge on any atom is -0.325 e. The zero-order chi connectivity index (χ0) is 13.2. The Balaban J connectivity index is 2.03. The maximum Gasteiger partial charge on any atom is 0.244 e. The predicted molar refractivity (Wildman–Crippen MR) is 71.1 cm³/mol. The van der Waals surface area contributed by atoms with Crippen LogP contribution in [0.15, 0.2) is 24.3 Å². The van der Waals surface area contributed by atoms with Crippen LogP contribution in [0, 0.1) is 16.7 Å². The van der Waals surface area contributed by atoms with Crippen molar-refractivity contribution in [2.45, 2.75) is 39.0 Å². The zero-order valence-corrected chi connectivity index (χ0v) is 10.9. The van der Waals surface area contributed by atoms with Crippen LogP contribution in [0.25, 0.3) is 0 Å². The van der Waals surface area contributed by atoms with Crippen LogP contribution in [0.4, 0.5) is 5.69 Å². The van der Waals surface area contributed by atoms with Gasteiger partial charge in [-0.1, -0.05) is 26.0 Å². The summed E-state index contributed by atoms with van der Waals surface area (Å²) in [5, 5.41) is 11.8. The number of hydrogen-bond acceptors (Lipinski definition) is 2. The second-order valence-electron chi connectivity index (χ2n) is 5.08. The maximum atomic E-state index is 11.9. The van der Waals surface area contributed by atoms with Gasteiger partial charge >= 0.3 is 0 Å². The van der Waals surface area contributed by atoms with E-state index in [4.69, 9.17) is 5.26 Å². The molecule has 0 aromatic heterocycles. The molecule has 0 bridgehead atoms. The average molecular weight is 242 g/mol. The van der Waals surface area contributed by atoms with Gasteiger partial charge in [0.2, 0.25) is 5.91 Å². The Morgan fingerprint density at radius 1 is 1.44 bits per heavy atom. The predicted octanol–water partition coefficient (Wildman–Crippen LogP) is 3.44. The van der Waals surface area contributed by atoms with Gasteiger partial charge in [0, 0.05) is 5.69 Å². The summed E-state index contributed by atoms with van der Waals surface area (Å²) in [5.74, 6) is 0.366. The van der Waals surface area contributed by atoms with Crippen molar-refractivity contribution in [3.05, 3.63) is 29.8 Å². The average Bonchev–Trinajstić information content (AvgIpc) is 3.19. The Morgan fingerprint density at radius 2 is 2.06 bits per heavy atom. The van der Waals surface area contributed by atoms with Gasteiger partial charge in [0.25, 0.3) is 0 Å². The third kappa shape index (κ3) is 2.38. The highest BCUT2D eigenvalue weighted by atomic mass is 16.2. The molecule has 3 nitrogen and oxygen atoms in total. The van der Waals surface area contributed by atoms with Crippen molar-refractivity contribution in [1.29, 1.82) is 5.26 Å². The number of amides is 1. The smallest absolute Gasteiger partial charge is 0.244 e. The van der Waals surface area contributed by atoms with Crippen molar-refractivity contribution in [3.8, 4) is 6.07 Å². The van der Waals surface area contributed by atoms with Crippen LogP contribution in [-0.4, -0.2) is 5.91 Å². The number of rotatable bonds is 4. The third-order valence-electron chi connectivity index (χ3n) is 3.75. The second-order valence-corrected chi connectivity index (χ2v) is 5.08. The van der Waals surface area contributed by atoms with E-state index in [-0.39, 0.29) is 5.91 Å². The zero-order valence-electron chi connectivity index (χ0n) is 10.9. The number of nitrogens with zero attached hydrogens (tertiary/aromatic N) is 1. The van der Waals surface area contributed by atoms with Crippen molar-refractivity contribution in [2.24, 2.45) is 5.41 Å². The number of carbonyl (C=O) groups is 1. The highest BCUT2D eigenvalue weighted by Crippen LogP contribution is 2.45. The molecule has 0 saturated heterocycles. The molecule has 0 aliphatic heterocycles. The molecule has 1 unspecified atom stereocenters. The fraction of sp³-hybridized carbons (Fsp3) is 0.467. The highest BCUT2D eigenvalue weighted by molar-refractivity contribution is 5.99. The lowest BCUT2D eigenvalue weighted by Crippen LogP contribution is -2.22. The molecule has 0 radical (unpaired) electrons. The van der Waals surface area contributed by atoms with Crippen LogP contribution in [0.1, 0.15) is 44.6 Å². The third-order valence-corrected chi connectivity index (χ3v) is 3.75. The van der Waals surface area contributed by atoms with Gasteiger partial charge in [-0.3, -0.25) is 4.79 Å². The number of nitriles is 1. The Bertz CT molecular complexity index is 480. The molecule has 1 aliphatic rings. The quantitative estimate of drug-likeness (QED) is 0.879. The van der Waals surface area contributed by atoms with Gasteiger partial charge in [-0.25, -0.2) is 0 Å². The molecular formula is C15H18N2O. The molecule has 1 saturated carbocycles. The van der Waals surface area contributed by atoms with Crippen LogP contribution >= 0.6 is 0 Å². The molecular weight excluding hydrogens is 224 g/mol. The largest absolute Gasteiger partial charge is 0.325 e. The van der Waals surface area contributed by atoms with Crippen LogP contribution < -0.4 is 5.32 Å². The number of benzene rings is 1. The first kappa shape index (κ1) is 12.6. The molecule has 1 aliphatic carbocycles. The van der Waals surface area contributed by atoms with Gasteiger partial charge in [-0.15, -0.1) is 0 Å². The van der Waals surface area contributed by atoms with Crippen molar-refractivity contribution < 1.29 is 4.79 Å². The van der Waals surface area contributed by atoms with Gasteiger partial charge < -0.3 is 5.32 Å². The van der Waals surface area contributed by atoms with Gasteiger partial charge in [0.05, 0.1) is 6.07 Å². The molecule has 1 N–H and O–H groups in total. The Morgan fingerprint density at radius 3 is 2.50 bits per heavy atom. The van der Waals surface area contributed by atoms with Gasteiger partial charge in [0.1, 0.15) is 5.41 Å². The second kappa shape index (κ2) is 4.81. The van der Waals surface area contributed by atoms with E-state index >= 15 is 0 Å². The SMILES string of the molecule is CCC(C)c1ccc(NC(=O)C2(C#N)CC2)cc1. The van der Waals surface area contributed by atoms with E-state index in [1.54, 1.807) is 0 Å². The van der Waals surface area contributed by atoms with Gasteiger partial charge in [0.15, 0.2) is 0 Å². The van der Waals surface area contributed by atoms with E-state index in [2.05, 4.69) is 25.2 Å². The van der Waals surface area contributed by atoms with E-state index in [0.717, 1.165) is 12.1 Å². The molecule has 1 aromatic rings. The molecule has 3 heteroatoms. The summed E-state index contributed by atoms with van der Waals surface area (Å²) in [4.78, 5) is 11.9. The minimum atomic E-state index is -0.755. The van der Waals surface area contributed by atoms with Gasteiger partial charge in [-0.05, 0) is 42.9 Å². The lowest BCUT2D eigenvalue weighted by molar-refractivity contribution is -0.119. The van der Waals surface area contributed by atoms with Gasteiger partial charge in [-0.2, -0.15) is 5.26 Å². The van der Waals surface area contributed by atoms with Crippen LogP contribution in [0.2, 0.25) is 0 Å². The fourth-order valence-corrected chi connectivity index (χ4v) is 1.90. The standard InChI is InChI=1S/C15H18N2O/c1-3-11(2)12-4-6-13(7-5-12)17-14(18)15(10-16)8-9-15/h4-7,11H,3,8-9H2,1-2H3,(H,17,18). The minimum absolute atomic E-state index is 0.165. The number of hydrogen-bond donors (Lipinski definition) is 1. The number of nitrogens with one attached hydrogen (secondary N) is 1. The fourth-order valence-electron chi connectivity index (χ4n) is 1.90. The molecule has 2 rings (SSSR count). The molecule has 0 heterocycles. The van der Waals surface area contributed by atoms with E-state index in [0.29, 0.717) is 18.8 Å². The van der Waals surface area contributed by atoms with Crippen molar-refractivity contribution >= 4 is 11.6 Å². The summed E-state index contributed by atoms with van der Waals surface area (Å²) in [6, 6.07) is 9.99. The molecule has 1 amide bonds. The Labute approximate surface area is 108 Å². The van der Waals surface area contributed by atoms with Crippen molar-refractivity contribution in [3.63, 3.8) is 0 Å². The van der Waals surface area contributed by atoms with E-state index in [9.17, 15) is 4.79 Å². The summed E-state index contributed by atoms with van der Waals surface area (Å²) in [7, 11) is 0. The first-order valence-electron chi connectivity index (χ1n) is 6.44. The van der Waals surface area contributed by atoms with Crippen LogP contribution in [0.5, 0.6) is 0 Å². The highest BCUT2D eigenvalue weighted by Gasteiger charge is 2.50. The van der Waals surface area contributed by atoms with Crippen LogP contribution in [-0.2, 0) is 4.79 Å². The molecule has 18 heavy (non-hydrogen) atoms. The first-order chi connectivity index (χ1) is 8.61. The summed E-state index contributed by atoms with van der Waals surface area (Å²) in [6.45, 7) is 4.34. The molecule has 1 atom stereocenters. The summed E-state index contributed by atoms with van der Waals surface area (Å²) in [6.07, 6.45) is 2.46. The van der Waals surface area contributed by atoms with Crippen molar-refractivity contribution in [1.82, 2.24) is 0 Å². The number of carbonyl (C=O) groups excluding carboxylic acids is 1. The van der Waals surface area contributed by atoms with E-state index < -0.39 is 5.41 Å². The molecule has 0 spiro atoms. The summed E-state index contributed by atoms with van der Waals surface area (Å²) < 4.78 is 0. The normalized spacial score (nSPS) is 17.6. The molecule has 94 valence electrons.